The maximum atomic E-state index is 13.5. The fraction of sp³-hybridized carbons (Fsp3) is 0.120. The third kappa shape index (κ3) is 3.78. The van der Waals surface area contributed by atoms with E-state index in [0.717, 1.165) is 0 Å². The number of imide groups is 1. The van der Waals surface area contributed by atoms with E-state index in [4.69, 9.17) is 34.8 Å². The fourth-order valence-electron chi connectivity index (χ4n) is 4.11. The minimum Gasteiger partial charge on any atom is -0.274 e. The van der Waals surface area contributed by atoms with Crippen LogP contribution in [0.15, 0.2) is 60.7 Å². The normalized spacial score (nSPS) is 13.1. The number of imidazole rings is 1. The molecule has 1 aliphatic heterocycles. The molecule has 1 aliphatic rings. The number of fused-ring (bicyclic) bond motifs is 2. The second-order valence-corrected chi connectivity index (χ2v) is 9.04. The van der Waals surface area contributed by atoms with Gasteiger partial charge in [0.05, 0.1) is 42.8 Å². The predicted molar refractivity (Wildman–Crippen MR) is 131 cm³/mol. The monoisotopic (exact) mass is 511 g/mol. The van der Waals surface area contributed by atoms with Gasteiger partial charge >= 0.3 is 0 Å². The first-order valence-corrected chi connectivity index (χ1v) is 11.6. The Labute approximate surface area is 209 Å². The summed E-state index contributed by atoms with van der Waals surface area (Å²) in [6, 6.07) is 16.7. The minimum absolute atomic E-state index is 0.192. The van der Waals surface area contributed by atoms with Crippen LogP contribution in [0.25, 0.3) is 11.0 Å². The predicted octanol–water partition coefficient (Wildman–Crippen LogP) is 5.91. The summed E-state index contributed by atoms with van der Waals surface area (Å²) in [4.78, 5) is 44.6. The molecule has 4 aromatic rings. The Kier molecular flexibility index (Phi) is 5.90. The third-order valence-corrected chi connectivity index (χ3v) is 6.79. The number of amides is 2. The Hall–Kier alpha value is -3.19. The molecule has 0 bridgehead atoms. The van der Waals surface area contributed by atoms with Crippen molar-refractivity contribution in [3.05, 3.63) is 98.2 Å². The highest BCUT2D eigenvalue weighted by molar-refractivity contribution is 6.42. The van der Waals surface area contributed by atoms with Gasteiger partial charge < -0.3 is 0 Å². The molecular formula is C25H16Cl3N3O3. The second-order valence-electron chi connectivity index (χ2n) is 7.81. The molecule has 0 aliphatic carbocycles. The molecule has 0 fully saturated rings. The number of rotatable bonds is 5. The minimum atomic E-state index is -0.359. The molecule has 5 rings (SSSR count). The molecule has 0 radical (unpaired) electrons. The highest BCUT2D eigenvalue weighted by atomic mass is 35.5. The van der Waals surface area contributed by atoms with Crippen LogP contribution in [0.4, 0.5) is 0 Å². The lowest BCUT2D eigenvalue weighted by molar-refractivity contribution is 0.0651. The van der Waals surface area contributed by atoms with Crippen molar-refractivity contribution in [3.8, 4) is 0 Å². The van der Waals surface area contributed by atoms with Crippen molar-refractivity contribution in [3.63, 3.8) is 0 Å². The molecule has 170 valence electrons. The van der Waals surface area contributed by atoms with Crippen LogP contribution < -0.4 is 0 Å². The number of aromatic nitrogens is 2. The summed E-state index contributed by atoms with van der Waals surface area (Å²) in [6.07, 6.45) is 0.736. The van der Waals surface area contributed by atoms with Crippen LogP contribution in [-0.4, -0.2) is 38.7 Å². The van der Waals surface area contributed by atoms with Gasteiger partial charge in [0.1, 0.15) is 5.82 Å². The largest absolute Gasteiger partial charge is 0.274 e. The molecule has 2 heterocycles. The SMILES string of the molecule is O=C1c2ccccc2C(=O)N1CCCc1nc2cc(Cl)c(Cl)cc2n1C(=O)c1ccccc1Cl. The van der Waals surface area contributed by atoms with E-state index in [-0.39, 0.29) is 24.3 Å². The molecule has 0 saturated carbocycles. The van der Waals surface area contributed by atoms with Crippen LogP contribution in [0.5, 0.6) is 0 Å². The molecule has 3 aromatic carbocycles. The summed E-state index contributed by atoms with van der Waals surface area (Å²) in [5.74, 6) is -0.545. The van der Waals surface area contributed by atoms with Gasteiger partial charge in [-0.25, -0.2) is 4.98 Å². The number of halogens is 3. The second kappa shape index (κ2) is 8.87. The Balaban J connectivity index is 1.46. The van der Waals surface area contributed by atoms with E-state index >= 15 is 0 Å². The maximum Gasteiger partial charge on any atom is 0.265 e. The molecule has 0 unspecified atom stereocenters. The van der Waals surface area contributed by atoms with Crippen molar-refractivity contribution in [1.82, 2.24) is 14.5 Å². The summed E-state index contributed by atoms with van der Waals surface area (Å²) in [7, 11) is 0. The molecule has 0 N–H and O–H groups in total. The van der Waals surface area contributed by atoms with E-state index in [9.17, 15) is 14.4 Å². The topological polar surface area (TPSA) is 72.3 Å². The highest BCUT2D eigenvalue weighted by Gasteiger charge is 2.34. The van der Waals surface area contributed by atoms with Crippen molar-refractivity contribution in [2.24, 2.45) is 0 Å². The Morgan fingerprint density at radius 2 is 1.44 bits per heavy atom. The first-order valence-electron chi connectivity index (χ1n) is 10.5. The van der Waals surface area contributed by atoms with Crippen molar-refractivity contribution in [2.45, 2.75) is 12.8 Å². The van der Waals surface area contributed by atoms with Crippen molar-refractivity contribution in [2.75, 3.05) is 6.54 Å². The molecule has 1 aromatic heterocycles. The maximum absolute atomic E-state index is 13.5. The number of carbonyl (C=O) groups is 3. The molecule has 0 atom stereocenters. The zero-order valence-corrected chi connectivity index (χ0v) is 19.9. The van der Waals surface area contributed by atoms with Gasteiger partial charge in [0.25, 0.3) is 17.7 Å². The van der Waals surface area contributed by atoms with E-state index in [1.54, 1.807) is 60.7 Å². The molecular weight excluding hydrogens is 497 g/mol. The van der Waals surface area contributed by atoms with Gasteiger partial charge in [0.15, 0.2) is 0 Å². The summed E-state index contributed by atoms with van der Waals surface area (Å²) in [6.45, 7) is 0.192. The average molecular weight is 513 g/mol. The van der Waals surface area contributed by atoms with Gasteiger partial charge in [0, 0.05) is 13.0 Å². The smallest absolute Gasteiger partial charge is 0.265 e. The van der Waals surface area contributed by atoms with Gasteiger partial charge in [-0.15, -0.1) is 0 Å². The molecule has 6 nitrogen and oxygen atoms in total. The third-order valence-electron chi connectivity index (χ3n) is 5.73. The number of nitrogens with zero attached hydrogens (tertiary/aromatic N) is 3. The number of hydrogen-bond acceptors (Lipinski definition) is 4. The van der Waals surface area contributed by atoms with E-state index in [1.165, 1.54) is 9.47 Å². The van der Waals surface area contributed by atoms with E-state index in [2.05, 4.69) is 4.98 Å². The molecule has 2 amide bonds. The first-order chi connectivity index (χ1) is 16.4. The van der Waals surface area contributed by atoms with Crippen LogP contribution in [-0.2, 0) is 6.42 Å². The van der Waals surface area contributed by atoms with Gasteiger partial charge in [-0.05, 0) is 42.8 Å². The zero-order chi connectivity index (χ0) is 24.0. The van der Waals surface area contributed by atoms with Crippen molar-refractivity contribution < 1.29 is 14.4 Å². The Morgan fingerprint density at radius 3 is 2.12 bits per heavy atom. The molecule has 0 saturated heterocycles. The zero-order valence-electron chi connectivity index (χ0n) is 17.6. The van der Waals surface area contributed by atoms with Gasteiger partial charge in [0.2, 0.25) is 0 Å². The summed E-state index contributed by atoms with van der Waals surface area (Å²) in [5, 5.41) is 0.924. The van der Waals surface area contributed by atoms with Crippen LogP contribution in [0.3, 0.4) is 0 Å². The molecule has 9 heteroatoms. The number of hydrogen-bond donors (Lipinski definition) is 0. The highest BCUT2D eigenvalue weighted by Crippen LogP contribution is 2.30. The van der Waals surface area contributed by atoms with Crippen LogP contribution in [0.1, 0.15) is 43.3 Å². The van der Waals surface area contributed by atoms with Gasteiger partial charge in [-0.3, -0.25) is 23.9 Å². The lowest BCUT2D eigenvalue weighted by Gasteiger charge is -2.14. The van der Waals surface area contributed by atoms with Gasteiger partial charge in [-0.2, -0.15) is 0 Å². The van der Waals surface area contributed by atoms with E-state index in [0.29, 0.717) is 61.5 Å². The molecule has 34 heavy (non-hydrogen) atoms. The Bertz CT molecular complexity index is 1460. The van der Waals surface area contributed by atoms with Crippen molar-refractivity contribution in [1.29, 1.82) is 0 Å². The van der Waals surface area contributed by atoms with E-state index in [1.807, 2.05) is 0 Å². The lowest BCUT2D eigenvalue weighted by atomic mass is 10.1. The molecule has 0 spiro atoms. The summed E-state index contributed by atoms with van der Waals surface area (Å²) >= 11 is 18.7. The number of carbonyl (C=O) groups excluding carboxylic acids is 3. The summed E-state index contributed by atoms with van der Waals surface area (Å²) in [5.41, 5.74) is 2.12. The average Bonchev–Trinajstić information content (AvgIpc) is 3.29. The standard InChI is InChI=1S/C25H16Cl3N3O3/c26-17-9-4-3-8-16(17)25(34)31-21-13-19(28)18(27)12-20(21)29-22(31)10-5-11-30-23(32)14-6-1-2-7-15(14)24(30)33/h1-4,6-9,12-13H,5,10-11H2. The number of aryl methyl sites for hydroxylation is 1. The lowest BCUT2D eigenvalue weighted by Crippen LogP contribution is -2.31. The fourth-order valence-corrected chi connectivity index (χ4v) is 4.64. The number of benzene rings is 3. The van der Waals surface area contributed by atoms with Crippen LogP contribution in [0.2, 0.25) is 15.1 Å². The van der Waals surface area contributed by atoms with Gasteiger partial charge in [-0.1, -0.05) is 59.1 Å². The Morgan fingerprint density at radius 1 is 0.824 bits per heavy atom. The van der Waals surface area contributed by atoms with Crippen LogP contribution >= 0.6 is 34.8 Å². The van der Waals surface area contributed by atoms with Crippen molar-refractivity contribution >= 4 is 63.6 Å². The van der Waals surface area contributed by atoms with E-state index < -0.39 is 0 Å². The van der Waals surface area contributed by atoms with Crippen LogP contribution in [0, 0.1) is 0 Å². The quantitative estimate of drug-likeness (QED) is 0.312. The first kappa shape index (κ1) is 22.6. The summed E-state index contributed by atoms with van der Waals surface area (Å²) < 4.78 is 1.46.